The summed E-state index contributed by atoms with van der Waals surface area (Å²) in [5.74, 6) is 3.01. The van der Waals surface area contributed by atoms with E-state index in [0.29, 0.717) is 5.75 Å². The first-order chi connectivity index (χ1) is 15.7. The van der Waals surface area contributed by atoms with Gasteiger partial charge in [-0.1, -0.05) is 36.0 Å². The third-order valence-corrected chi connectivity index (χ3v) is 8.83. The highest BCUT2D eigenvalue weighted by Crippen LogP contribution is 2.55. The zero-order chi connectivity index (χ0) is 21.3. The van der Waals surface area contributed by atoms with Crippen LogP contribution in [0.5, 0.6) is 0 Å². The highest BCUT2D eigenvalue weighted by molar-refractivity contribution is 7.99. The van der Waals surface area contributed by atoms with Gasteiger partial charge in [0.2, 0.25) is 5.91 Å². The van der Waals surface area contributed by atoms with E-state index in [0.717, 1.165) is 50.5 Å². The van der Waals surface area contributed by atoms with Crippen LogP contribution in [0.25, 0.3) is 27.6 Å². The predicted octanol–water partition coefficient (Wildman–Crippen LogP) is 5.21. The van der Waals surface area contributed by atoms with E-state index in [1.54, 1.807) is 0 Å². The number of hydrogen-bond acceptors (Lipinski definition) is 4. The molecule has 0 atom stereocenters. The van der Waals surface area contributed by atoms with E-state index in [4.69, 9.17) is 9.97 Å². The summed E-state index contributed by atoms with van der Waals surface area (Å²) in [6, 6.07) is 16.3. The lowest BCUT2D eigenvalue weighted by Crippen LogP contribution is -2.60. The molecule has 4 bridgehead atoms. The van der Waals surface area contributed by atoms with Crippen molar-refractivity contribution in [2.75, 3.05) is 5.75 Å². The number of imidazole rings is 1. The molecule has 6 heteroatoms. The second-order valence-corrected chi connectivity index (χ2v) is 11.1. The van der Waals surface area contributed by atoms with Gasteiger partial charge in [-0.05, 0) is 80.5 Å². The molecule has 4 aliphatic rings. The Labute approximate surface area is 191 Å². The summed E-state index contributed by atoms with van der Waals surface area (Å²) in [4.78, 5) is 22.9. The van der Waals surface area contributed by atoms with Gasteiger partial charge in [-0.3, -0.25) is 9.20 Å². The highest BCUT2D eigenvalue weighted by atomic mass is 32.2. The standard InChI is InChI=1S/C26H26N4OS/c31-23(29-26-12-16-9-17(13-26)11-18(10-16)14-26)15-32-25-28-20-6-2-1-5-19(20)24-27-21-7-3-4-8-22(21)30(24)25/h1-8,16-18H,9-15H2,(H,29,31). The van der Waals surface area contributed by atoms with Crippen molar-refractivity contribution in [3.63, 3.8) is 0 Å². The maximum absolute atomic E-state index is 13.1. The van der Waals surface area contributed by atoms with Crippen molar-refractivity contribution in [3.05, 3.63) is 48.5 Å². The third kappa shape index (κ3) is 2.95. The molecule has 0 unspecified atom stereocenters. The Hall–Kier alpha value is -2.60. The summed E-state index contributed by atoms with van der Waals surface area (Å²) < 4.78 is 2.11. The fourth-order valence-corrected chi connectivity index (χ4v) is 7.95. The van der Waals surface area contributed by atoms with Crippen molar-refractivity contribution in [2.45, 2.75) is 49.2 Å². The number of amides is 1. The van der Waals surface area contributed by atoms with Crippen LogP contribution in [0.2, 0.25) is 0 Å². The average molecular weight is 443 g/mol. The van der Waals surface area contributed by atoms with Crippen molar-refractivity contribution in [1.29, 1.82) is 0 Å². The molecule has 32 heavy (non-hydrogen) atoms. The maximum Gasteiger partial charge on any atom is 0.230 e. The number of carbonyl (C=O) groups excluding carboxylic acids is 1. The largest absolute Gasteiger partial charge is 0.350 e. The first-order valence-corrected chi connectivity index (χ1v) is 12.7. The summed E-state index contributed by atoms with van der Waals surface area (Å²) in [6.45, 7) is 0. The van der Waals surface area contributed by atoms with Crippen LogP contribution in [-0.2, 0) is 4.79 Å². The van der Waals surface area contributed by atoms with E-state index < -0.39 is 0 Å². The molecule has 5 nitrogen and oxygen atoms in total. The number of nitrogens with zero attached hydrogens (tertiary/aromatic N) is 3. The van der Waals surface area contributed by atoms with E-state index >= 15 is 0 Å². The van der Waals surface area contributed by atoms with Crippen LogP contribution in [-0.4, -0.2) is 31.6 Å². The minimum Gasteiger partial charge on any atom is -0.350 e. The Bertz CT molecular complexity index is 1340. The van der Waals surface area contributed by atoms with Crippen molar-refractivity contribution >= 4 is 45.3 Å². The first kappa shape index (κ1) is 18.9. The van der Waals surface area contributed by atoms with Gasteiger partial charge in [-0.25, -0.2) is 9.97 Å². The zero-order valence-electron chi connectivity index (χ0n) is 18.0. The van der Waals surface area contributed by atoms with Gasteiger partial charge in [0.05, 0.1) is 22.3 Å². The second kappa shape index (κ2) is 6.95. The molecule has 4 aromatic rings. The number of benzene rings is 2. The lowest BCUT2D eigenvalue weighted by Gasteiger charge is -2.56. The van der Waals surface area contributed by atoms with Crippen LogP contribution in [0.15, 0.2) is 53.7 Å². The van der Waals surface area contributed by atoms with Crippen LogP contribution in [0.4, 0.5) is 0 Å². The molecule has 0 spiro atoms. The van der Waals surface area contributed by atoms with Crippen LogP contribution < -0.4 is 5.32 Å². The molecule has 0 saturated heterocycles. The molecule has 1 N–H and O–H groups in total. The normalized spacial score (nSPS) is 28.7. The number of thioether (sulfide) groups is 1. The average Bonchev–Trinajstić information content (AvgIpc) is 3.16. The maximum atomic E-state index is 13.1. The van der Waals surface area contributed by atoms with Crippen molar-refractivity contribution < 1.29 is 4.79 Å². The lowest BCUT2D eigenvalue weighted by molar-refractivity contribution is -0.124. The van der Waals surface area contributed by atoms with Gasteiger partial charge in [0, 0.05) is 10.9 Å². The molecule has 8 rings (SSSR count). The smallest absolute Gasteiger partial charge is 0.230 e. The topological polar surface area (TPSA) is 59.3 Å². The Morgan fingerprint density at radius 1 is 0.938 bits per heavy atom. The summed E-state index contributed by atoms with van der Waals surface area (Å²) in [7, 11) is 0. The summed E-state index contributed by atoms with van der Waals surface area (Å²) in [5, 5.41) is 5.36. The molecule has 2 heterocycles. The molecule has 4 saturated carbocycles. The van der Waals surface area contributed by atoms with E-state index in [9.17, 15) is 4.79 Å². The molecule has 2 aromatic heterocycles. The minimum atomic E-state index is 0.0558. The summed E-state index contributed by atoms with van der Waals surface area (Å²) in [5.41, 5.74) is 3.86. The Balaban J connectivity index is 1.20. The molecule has 0 aliphatic heterocycles. The van der Waals surface area contributed by atoms with Gasteiger partial charge in [-0.2, -0.15) is 0 Å². The minimum absolute atomic E-state index is 0.0558. The monoisotopic (exact) mass is 442 g/mol. The molecule has 4 fully saturated rings. The van der Waals surface area contributed by atoms with Gasteiger partial charge in [0.25, 0.3) is 0 Å². The second-order valence-electron chi connectivity index (χ2n) is 10.2. The fraction of sp³-hybridized carbons (Fsp3) is 0.423. The molecule has 1 amide bonds. The summed E-state index contributed by atoms with van der Waals surface area (Å²) in [6.07, 6.45) is 7.70. The van der Waals surface area contributed by atoms with Gasteiger partial charge in [0.15, 0.2) is 5.16 Å². The van der Waals surface area contributed by atoms with Crippen LogP contribution in [0.1, 0.15) is 38.5 Å². The van der Waals surface area contributed by atoms with Crippen molar-refractivity contribution in [1.82, 2.24) is 19.7 Å². The quantitative estimate of drug-likeness (QED) is 0.348. The lowest BCUT2D eigenvalue weighted by atomic mass is 9.53. The SMILES string of the molecule is O=C(CSc1nc2ccccc2c2nc3ccccc3n12)NC12CC3CC(CC(C3)C1)C2. The molecule has 0 radical (unpaired) electrons. The number of fused-ring (bicyclic) bond motifs is 5. The van der Waals surface area contributed by atoms with Crippen molar-refractivity contribution in [3.8, 4) is 0 Å². The number of para-hydroxylation sites is 3. The van der Waals surface area contributed by atoms with Gasteiger partial charge >= 0.3 is 0 Å². The number of rotatable bonds is 4. The summed E-state index contributed by atoms with van der Waals surface area (Å²) >= 11 is 1.52. The van der Waals surface area contributed by atoms with E-state index in [-0.39, 0.29) is 11.4 Å². The molecular weight excluding hydrogens is 416 g/mol. The predicted molar refractivity (Wildman–Crippen MR) is 128 cm³/mol. The molecule has 162 valence electrons. The van der Waals surface area contributed by atoms with Crippen LogP contribution in [0.3, 0.4) is 0 Å². The van der Waals surface area contributed by atoms with E-state index in [2.05, 4.69) is 21.9 Å². The third-order valence-electron chi connectivity index (χ3n) is 7.89. The van der Waals surface area contributed by atoms with Crippen molar-refractivity contribution in [2.24, 2.45) is 17.8 Å². The molecule has 4 aliphatic carbocycles. The first-order valence-electron chi connectivity index (χ1n) is 11.8. The van der Waals surface area contributed by atoms with E-state index in [1.807, 2.05) is 36.4 Å². The van der Waals surface area contributed by atoms with Crippen LogP contribution >= 0.6 is 11.8 Å². The zero-order valence-corrected chi connectivity index (χ0v) is 18.8. The van der Waals surface area contributed by atoms with E-state index in [1.165, 1.54) is 50.3 Å². The van der Waals surface area contributed by atoms with Gasteiger partial charge < -0.3 is 5.32 Å². The fourth-order valence-electron chi connectivity index (χ4n) is 7.14. The van der Waals surface area contributed by atoms with Crippen LogP contribution in [0, 0.1) is 17.8 Å². The number of hydrogen-bond donors (Lipinski definition) is 1. The Morgan fingerprint density at radius 2 is 1.59 bits per heavy atom. The molecular formula is C26H26N4OS. The Kier molecular flexibility index (Phi) is 4.11. The number of nitrogens with one attached hydrogen (secondary N) is 1. The Morgan fingerprint density at radius 3 is 2.34 bits per heavy atom. The van der Waals surface area contributed by atoms with Gasteiger partial charge in [0.1, 0.15) is 5.65 Å². The number of aromatic nitrogens is 3. The number of carbonyl (C=O) groups is 1. The molecule has 2 aromatic carbocycles. The van der Waals surface area contributed by atoms with Gasteiger partial charge in [-0.15, -0.1) is 0 Å². The highest BCUT2D eigenvalue weighted by Gasteiger charge is 2.51.